The van der Waals surface area contributed by atoms with Gasteiger partial charge in [-0.3, -0.25) is 9.10 Å². The predicted molar refractivity (Wildman–Crippen MR) is 138 cm³/mol. The highest BCUT2D eigenvalue weighted by Crippen LogP contribution is 2.27. The van der Waals surface area contributed by atoms with Crippen LogP contribution in [0.2, 0.25) is 5.02 Å². The van der Waals surface area contributed by atoms with Crippen molar-refractivity contribution in [2.75, 3.05) is 23.7 Å². The largest absolute Gasteiger partial charge is 0.494 e. The highest BCUT2D eigenvalue weighted by molar-refractivity contribution is 7.98. The third-order valence-electron chi connectivity index (χ3n) is 4.75. The van der Waals surface area contributed by atoms with E-state index in [2.05, 4.69) is 10.5 Å². The van der Waals surface area contributed by atoms with E-state index in [1.165, 1.54) is 42.1 Å². The monoisotopic (exact) mass is 535 g/mol. The fourth-order valence-corrected chi connectivity index (χ4v) is 5.07. The Bertz CT molecular complexity index is 1280. The zero-order valence-electron chi connectivity index (χ0n) is 18.9. The van der Waals surface area contributed by atoms with Crippen molar-refractivity contribution in [2.45, 2.75) is 16.7 Å². The van der Waals surface area contributed by atoms with Crippen molar-refractivity contribution < 1.29 is 22.3 Å². The minimum atomic E-state index is -4.10. The number of nitrogens with zero attached hydrogens (tertiary/aromatic N) is 2. The van der Waals surface area contributed by atoms with Crippen LogP contribution in [0, 0.1) is 5.82 Å². The second-order valence-electron chi connectivity index (χ2n) is 7.04. The fraction of sp³-hybridized carbons (Fsp3) is 0.167. The summed E-state index contributed by atoms with van der Waals surface area (Å²) < 4.78 is 47.2. The van der Waals surface area contributed by atoms with Crippen LogP contribution in [0.4, 0.5) is 10.1 Å². The van der Waals surface area contributed by atoms with Crippen LogP contribution in [0.5, 0.6) is 5.75 Å². The quantitative estimate of drug-likeness (QED) is 0.225. The second kappa shape index (κ2) is 12.1. The van der Waals surface area contributed by atoms with E-state index >= 15 is 0 Å². The van der Waals surface area contributed by atoms with Gasteiger partial charge in [0.15, 0.2) is 0 Å². The Morgan fingerprint density at radius 2 is 1.83 bits per heavy atom. The van der Waals surface area contributed by atoms with Gasteiger partial charge in [0.25, 0.3) is 15.9 Å². The number of anilines is 1. The smallest absolute Gasteiger partial charge is 0.264 e. The van der Waals surface area contributed by atoms with E-state index in [0.717, 1.165) is 15.4 Å². The summed E-state index contributed by atoms with van der Waals surface area (Å²) in [4.78, 5) is 13.6. The van der Waals surface area contributed by atoms with Crippen LogP contribution in [-0.2, 0) is 14.8 Å². The SMILES string of the molecule is CCOc1ccc(N(CC(=O)N/N=C\c2c(F)cccc2Cl)S(=O)(=O)c2ccc(SC)cc2)cc1. The zero-order valence-corrected chi connectivity index (χ0v) is 21.3. The molecule has 0 aromatic heterocycles. The molecule has 0 spiro atoms. The van der Waals surface area contributed by atoms with Crippen LogP contribution in [0.3, 0.4) is 0 Å². The highest BCUT2D eigenvalue weighted by Gasteiger charge is 2.27. The molecule has 3 rings (SSSR count). The number of rotatable bonds is 10. The van der Waals surface area contributed by atoms with Crippen molar-refractivity contribution in [3.8, 4) is 5.75 Å². The molecule has 0 aliphatic rings. The van der Waals surface area contributed by atoms with Gasteiger partial charge in [-0.1, -0.05) is 17.7 Å². The lowest BCUT2D eigenvalue weighted by molar-refractivity contribution is -0.119. The van der Waals surface area contributed by atoms with Gasteiger partial charge in [0, 0.05) is 10.5 Å². The maximum atomic E-state index is 13.9. The summed E-state index contributed by atoms with van der Waals surface area (Å²) in [5.41, 5.74) is 2.49. The van der Waals surface area contributed by atoms with Gasteiger partial charge in [-0.15, -0.1) is 11.8 Å². The minimum Gasteiger partial charge on any atom is -0.494 e. The van der Waals surface area contributed by atoms with Gasteiger partial charge < -0.3 is 4.74 Å². The first-order valence-electron chi connectivity index (χ1n) is 10.4. The van der Waals surface area contributed by atoms with Crippen LogP contribution in [0.25, 0.3) is 0 Å². The van der Waals surface area contributed by atoms with Crippen LogP contribution in [-0.4, -0.2) is 39.9 Å². The molecule has 0 aliphatic heterocycles. The van der Waals surface area contributed by atoms with Gasteiger partial charge in [-0.25, -0.2) is 18.2 Å². The lowest BCUT2D eigenvalue weighted by atomic mass is 10.2. The number of ether oxygens (including phenoxy) is 1. The molecule has 0 atom stereocenters. The molecule has 3 aromatic carbocycles. The summed E-state index contributed by atoms with van der Waals surface area (Å²) in [5.74, 6) is -0.775. The Labute approximate surface area is 213 Å². The van der Waals surface area contributed by atoms with Gasteiger partial charge in [-0.05, 0) is 73.8 Å². The molecule has 0 heterocycles. The van der Waals surface area contributed by atoms with Crippen LogP contribution in [0.1, 0.15) is 12.5 Å². The summed E-state index contributed by atoms with van der Waals surface area (Å²) in [5, 5.41) is 3.85. The molecule has 0 saturated heterocycles. The van der Waals surface area contributed by atoms with Crippen molar-refractivity contribution in [3.05, 3.63) is 83.1 Å². The van der Waals surface area contributed by atoms with E-state index in [1.807, 2.05) is 13.2 Å². The average Bonchev–Trinajstić information content (AvgIpc) is 2.85. The number of hydrogen-bond acceptors (Lipinski definition) is 6. The van der Waals surface area contributed by atoms with E-state index in [4.69, 9.17) is 16.3 Å². The number of carbonyl (C=O) groups is 1. The number of nitrogens with one attached hydrogen (secondary N) is 1. The predicted octanol–water partition coefficient (Wildman–Crippen LogP) is 4.95. The molecule has 7 nitrogen and oxygen atoms in total. The molecule has 1 amide bonds. The lowest BCUT2D eigenvalue weighted by Crippen LogP contribution is -2.39. The normalized spacial score (nSPS) is 11.4. The molecule has 35 heavy (non-hydrogen) atoms. The summed E-state index contributed by atoms with van der Waals surface area (Å²) in [6.45, 7) is 1.72. The molecule has 0 unspecified atom stereocenters. The van der Waals surface area contributed by atoms with E-state index in [9.17, 15) is 17.6 Å². The number of sulfonamides is 1. The standard InChI is InChI=1S/C24H23ClFN3O4S2/c1-3-33-18-9-7-17(8-10-18)29(35(31,32)20-13-11-19(34-2)12-14-20)16-24(30)28-27-15-21-22(25)5-4-6-23(21)26/h4-15H,3,16H2,1-2H3,(H,28,30)/b27-15-. The molecule has 0 saturated carbocycles. The first kappa shape index (κ1) is 26.5. The molecule has 0 fully saturated rings. The fourth-order valence-electron chi connectivity index (χ4n) is 3.03. The van der Waals surface area contributed by atoms with E-state index < -0.39 is 28.3 Å². The molecular formula is C24H23ClFN3O4S2. The minimum absolute atomic E-state index is 0.000610. The average molecular weight is 536 g/mol. The number of thioether (sulfide) groups is 1. The summed E-state index contributed by atoms with van der Waals surface area (Å²) in [7, 11) is -4.10. The van der Waals surface area contributed by atoms with Gasteiger partial charge in [0.1, 0.15) is 18.1 Å². The van der Waals surface area contributed by atoms with Crippen LogP contribution in [0.15, 0.2) is 81.6 Å². The number of hydrogen-bond donors (Lipinski definition) is 1. The molecule has 1 N–H and O–H groups in total. The molecule has 0 bridgehead atoms. The molecule has 184 valence electrons. The van der Waals surface area contributed by atoms with Crippen LogP contribution >= 0.6 is 23.4 Å². The molecule has 0 radical (unpaired) electrons. The van der Waals surface area contributed by atoms with E-state index in [0.29, 0.717) is 12.4 Å². The van der Waals surface area contributed by atoms with E-state index in [1.54, 1.807) is 36.4 Å². The van der Waals surface area contributed by atoms with Crippen molar-refractivity contribution in [3.63, 3.8) is 0 Å². The number of benzene rings is 3. The summed E-state index contributed by atoms with van der Waals surface area (Å²) >= 11 is 7.43. The van der Waals surface area contributed by atoms with Crippen molar-refractivity contribution >= 4 is 51.2 Å². The van der Waals surface area contributed by atoms with Crippen LogP contribution < -0.4 is 14.5 Å². The van der Waals surface area contributed by atoms with Gasteiger partial charge in [0.05, 0.1) is 28.4 Å². The van der Waals surface area contributed by atoms with Crippen molar-refractivity contribution in [1.29, 1.82) is 0 Å². The Kier molecular flexibility index (Phi) is 9.13. The van der Waals surface area contributed by atoms with Gasteiger partial charge in [0.2, 0.25) is 0 Å². The van der Waals surface area contributed by atoms with Gasteiger partial charge in [-0.2, -0.15) is 5.10 Å². The molecule has 3 aromatic rings. The molecule has 11 heteroatoms. The number of halogens is 2. The third kappa shape index (κ3) is 6.74. The second-order valence-corrected chi connectivity index (χ2v) is 10.2. The Morgan fingerprint density at radius 3 is 2.43 bits per heavy atom. The number of hydrazone groups is 1. The van der Waals surface area contributed by atoms with Crippen molar-refractivity contribution in [1.82, 2.24) is 5.43 Å². The van der Waals surface area contributed by atoms with Gasteiger partial charge >= 0.3 is 0 Å². The first-order chi connectivity index (χ1) is 16.8. The Morgan fingerprint density at radius 1 is 1.14 bits per heavy atom. The number of carbonyl (C=O) groups excluding carboxylic acids is 1. The number of amides is 1. The Hall–Kier alpha value is -3.08. The lowest BCUT2D eigenvalue weighted by Gasteiger charge is -2.24. The maximum absolute atomic E-state index is 13.9. The zero-order chi connectivity index (χ0) is 25.4. The summed E-state index contributed by atoms with van der Waals surface area (Å²) in [6.07, 6.45) is 2.95. The highest BCUT2D eigenvalue weighted by atomic mass is 35.5. The molecular weight excluding hydrogens is 513 g/mol. The van der Waals surface area contributed by atoms with E-state index in [-0.39, 0.29) is 21.2 Å². The topological polar surface area (TPSA) is 88.1 Å². The Balaban J connectivity index is 1.87. The first-order valence-corrected chi connectivity index (χ1v) is 13.5. The third-order valence-corrected chi connectivity index (χ3v) is 7.61. The van der Waals surface area contributed by atoms with Crippen molar-refractivity contribution in [2.24, 2.45) is 5.10 Å². The summed E-state index contributed by atoms with van der Waals surface area (Å²) in [6, 6.07) is 16.8. The maximum Gasteiger partial charge on any atom is 0.264 e. The molecule has 0 aliphatic carbocycles.